The molecule has 98 valence electrons. The van der Waals surface area contributed by atoms with Gasteiger partial charge in [-0.2, -0.15) is 13.2 Å². The lowest BCUT2D eigenvalue weighted by Crippen LogP contribution is -2.43. The van der Waals surface area contributed by atoms with Gasteiger partial charge in [-0.05, 0) is 18.1 Å². The highest BCUT2D eigenvalue weighted by atomic mass is 19.4. The summed E-state index contributed by atoms with van der Waals surface area (Å²) in [7, 11) is 0. The van der Waals surface area contributed by atoms with E-state index in [4.69, 9.17) is 0 Å². The summed E-state index contributed by atoms with van der Waals surface area (Å²) in [5.74, 6) is -0.377. The SMILES string of the molecule is Cc1ccccc1[C@H](N1CCC(=O)N1)C(F)(F)F. The van der Waals surface area contributed by atoms with Crippen LogP contribution in [0.15, 0.2) is 24.3 Å². The summed E-state index contributed by atoms with van der Waals surface area (Å²) >= 11 is 0. The largest absolute Gasteiger partial charge is 0.409 e. The molecule has 0 unspecified atom stereocenters. The Kier molecular flexibility index (Phi) is 3.30. The Morgan fingerprint density at radius 1 is 1.33 bits per heavy atom. The van der Waals surface area contributed by atoms with E-state index in [1.54, 1.807) is 25.1 Å². The number of halogens is 3. The summed E-state index contributed by atoms with van der Waals surface area (Å²) in [4.78, 5) is 11.1. The van der Waals surface area contributed by atoms with Gasteiger partial charge in [-0.1, -0.05) is 24.3 Å². The molecule has 0 saturated carbocycles. The van der Waals surface area contributed by atoms with E-state index in [0.29, 0.717) is 5.56 Å². The standard InChI is InChI=1S/C12H13F3N2O/c1-8-4-2-3-5-9(8)11(12(13,14)15)17-7-6-10(18)16-17/h2-5,11H,6-7H2,1H3,(H,16,18)/t11-/m0/s1. The molecular formula is C12H13F3N2O. The number of nitrogens with one attached hydrogen (secondary N) is 1. The molecule has 1 N–H and O–H groups in total. The molecule has 1 amide bonds. The molecule has 1 aromatic rings. The van der Waals surface area contributed by atoms with Crippen LogP contribution in [0.25, 0.3) is 0 Å². The van der Waals surface area contributed by atoms with Crippen LogP contribution in [0.4, 0.5) is 13.2 Å². The maximum Gasteiger partial charge on any atom is 0.409 e. The zero-order chi connectivity index (χ0) is 13.3. The zero-order valence-corrected chi connectivity index (χ0v) is 9.79. The first-order valence-corrected chi connectivity index (χ1v) is 5.58. The smallest absolute Gasteiger partial charge is 0.288 e. The molecule has 2 rings (SSSR count). The fraction of sp³-hybridized carbons (Fsp3) is 0.417. The molecule has 1 fully saturated rings. The number of nitrogens with zero attached hydrogens (tertiary/aromatic N) is 1. The summed E-state index contributed by atoms with van der Waals surface area (Å²) in [6.45, 7) is 1.70. The van der Waals surface area contributed by atoms with Gasteiger partial charge < -0.3 is 0 Å². The highest BCUT2D eigenvalue weighted by Crippen LogP contribution is 2.38. The molecule has 1 heterocycles. The van der Waals surface area contributed by atoms with Gasteiger partial charge in [0.05, 0.1) is 0 Å². The van der Waals surface area contributed by atoms with Gasteiger partial charge in [0.15, 0.2) is 0 Å². The molecule has 0 aliphatic carbocycles. The van der Waals surface area contributed by atoms with E-state index in [0.717, 1.165) is 5.01 Å². The Labute approximate surface area is 103 Å². The molecule has 0 bridgehead atoms. The second kappa shape index (κ2) is 4.61. The van der Waals surface area contributed by atoms with Crippen molar-refractivity contribution in [1.29, 1.82) is 0 Å². The highest BCUT2D eigenvalue weighted by Gasteiger charge is 2.47. The quantitative estimate of drug-likeness (QED) is 0.883. The van der Waals surface area contributed by atoms with Gasteiger partial charge in [0.1, 0.15) is 6.04 Å². The lowest BCUT2D eigenvalue weighted by atomic mass is 10.0. The summed E-state index contributed by atoms with van der Waals surface area (Å²) in [6.07, 6.45) is -4.33. The maximum absolute atomic E-state index is 13.2. The van der Waals surface area contributed by atoms with Gasteiger partial charge in [0, 0.05) is 13.0 Å². The van der Waals surface area contributed by atoms with Gasteiger partial charge in [-0.25, -0.2) is 5.01 Å². The maximum atomic E-state index is 13.2. The number of benzene rings is 1. The van der Waals surface area contributed by atoms with Crippen molar-refractivity contribution in [2.45, 2.75) is 25.6 Å². The topological polar surface area (TPSA) is 32.3 Å². The van der Waals surface area contributed by atoms with Crippen molar-refractivity contribution in [3.05, 3.63) is 35.4 Å². The number of hydrogen-bond donors (Lipinski definition) is 1. The lowest BCUT2D eigenvalue weighted by Gasteiger charge is -2.30. The number of hydrogen-bond acceptors (Lipinski definition) is 2. The molecule has 0 radical (unpaired) electrons. The lowest BCUT2D eigenvalue weighted by molar-refractivity contribution is -0.191. The third-order valence-corrected chi connectivity index (χ3v) is 2.95. The molecule has 6 heteroatoms. The molecule has 1 saturated heterocycles. The summed E-state index contributed by atoms with van der Waals surface area (Å²) in [5.41, 5.74) is 2.99. The number of alkyl halides is 3. The summed E-state index contributed by atoms with van der Waals surface area (Å²) in [5, 5.41) is 0.963. The van der Waals surface area contributed by atoms with Crippen LogP contribution in [0.2, 0.25) is 0 Å². The average molecular weight is 258 g/mol. The zero-order valence-electron chi connectivity index (χ0n) is 9.79. The monoisotopic (exact) mass is 258 g/mol. The van der Waals surface area contributed by atoms with Gasteiger partial charge in [-0.3, -0.25) is 10.2 Å². The normalized spacial score (nSPS) is 18.8. The van der Waals surface area contributed by atoms with Crippen LogP contribution in [0.1, 0.15) is 23.6 Å². The first kappa shape index (κ1) is 12.9. The van der Waals surface area contributed by atoms with E-state index in [1.807, 2.05) is 0 Å². The highest BCUT2D eigenvalue weighted by molar-refractivity contribution is 5.77. The third kappa shape index (κ3) is 2.48. The van der Waals surface area contributed by atoms with E-state index in [9.17, 15) is 18.0 Å². The average Bonchev–Trinajstić information content (AvgIpc) is 2.66. The van der Waals surface area contributed by atoms with Crippen molar-refractivity contribution >= 4 is 5.91 Å². The molecule has 3 nitrogen and oxygen atoms in total. The van der Waals surface area contributed by atoms with Crippen LogP contribution in [0, 0.1) is 6.92 Å². The first-order valence-electron chi connectivity index (χ1n) is 5.58. The van der Waals surface area contributed by atoms with Crippen LogP contribution < -0.4 is 5.43 Å². The van der Waals surface area contributed by atoms with Crippen molar-refractivity contribution in [1.82, 2.24) is 10.4 Å². The number of carbonyl (C=O) groups is 1. The van der Waals surface area contributed by atoms with E-state index in [-0.39, 0.29) is 24.4 Å². The Morgan fingerprint density at radius 3 is 2.50 bits per heavy atom. The second-order valence-corrected chi connectivity index (χ2v) is 4.28. The number of rotatable bonds is 2. The predicted molar refractivity (Wildman–Crippen MR) is 59.4 cm³/mol. The Hall–Kier alpha value is -1.56. The van der Waals surface area contributed by atoms with Crippen molar-refractivity contribution in [2.75, 3.05) is 6.54 Å². The van der Waals surface area contributed by atoms with Gasteiger partial charge >= 0.3 is 6.18 Å². The van der Waals surface area contributed by atoms with Crippen molar-refractivity contribution < 1.29 is 18.0 Å². The van der Waals surface area contributed by atoms with Gasteiger partial charge in [-0.15, -0.1) is 0 Å². The minimum atomic E-state index is -4.43. The molecule has 1 atom stereocenters. The van der Waals surface area contributed by atoms with Crippen LogP contribution in [0.3, 0.4) is 0 Å². The first-order chi connectivity index (χ1) is 8.39. The summed E-state index contributed by atoms with van der Waals surface area (Å²) < 4.78 is 39.5. The predicted octanol–water partition coefficient (Wildman–Crippen LogP) is 2.34. The molecule has 1 aliphatic rings. The van der Waals surface area contributed by atoms with E-state index in [2.05, 4.69) is 5.43 Å². The van der Waals surface area contributed by atoms with Crippen LogP contribution >= 0.6 is 0 Å². The van der Waals surface area contributed by atoms with Crippen molar-refractivity contribution in [2.24, 2.45) is 0 Å². The molecule has 0 spiro atoms. The van der Waals surface area contributed by atoms with E-state index in [1.165, 1.54) is 6.07 Å². The molecular weight excluding hydrogens is 245 g/mol. The Bertz CT molecular complexity index is 459. The van der Waals surface area contributed by atoms with Gasteiger partial charge in [0.25, 0.3) is 0 Å². The Balaban J connectivity index is 2.38. The third-order valence-electron chi connectivity index (χ3n) is 2.95. The molecule has 0 aromatic heterocycles. The molecule has 1 aliphatic heterocycles. The second-order valence-electron chi connectivity index (χ2n) is 4.28. The van der Waals surface area contributed by atoms with E-state index >= 15 is 0 Å². The van der Waals surface area contributed by atoms with Crippen LogP contribution in [0.5, 0.6) is 0 Å². The molecule has 18 heavy (non-hydrogen) atoms. The van der Waals surface area contributed by atoms with Gasteiger partial charge in [0.2, 0.25) is 5.91 Å². The molecule has 1 aromatic carbocycles. The number of hydrazine groups is 1. The van der Waals surface area contributed by atoms with Crippen LogP contribution in [-0.2, 0) is 4.79 Å². The van der Waals surface area contributed by atoms with E-state index < -0.39 is 12.2 Å². The fourth-order valence-electron chi connectivity index (χ4n) is 2.10. The fourth-order valence-corrected chi connectivity index (χ4v) is 2.10. The number of amides is 1. The minimum absolute atomic E-state index is 0.0668. The summed E-state index contributed by atoms with van der Waals surface area (Å²) in [6, 6.07) is 4.54. The van der Waals surface area contributed by atoms with Crippen molar-refractivity contribution in [3.8, 4) is 0 Å². The van der Waals surface area contributed by atoms with Crippen LogP contribution in [-0.4, -0.2) is 23.6 Å². The Morgan fingerprint density at radius 2 is 2.00 bits per heavy atom. The number of carbonyl (C=O) groups excluding carboxylic acids is 1. The van der Waals surface area contributed by atoms with Crippen molar-refractivity contribution in [3.63, 3.8) is 0 Å². The minimum Gasteiger partial charge on any atom is -0.288 e. The number of aryl methyl sites for hydroxylation is 1.